The molecule has 2 aromatic heterocycles. The number of carbonyl (C=O) groups excluding carboxylic acids is 1. The maximum atomic E-state index is 12.6. The van der Waals surface area contributed by atoms with Gasteiger partial charge in [-0.3, -0.25) is 10.3 Å². The number of pyridine rings is 1. The van der Waals surface area contributed by atoms with Crippen LogP contribution in [0.1, 0.15) is 23.2 Å². The van der Waals surface area contributed by atoms with Crippen molar-refractivity contribution in [1.29, 1.82) is 0 Å². The van der Waals surface area contributed by atoms with Crippen molar-refractivity contribution < 1.29 is 4.79 Å². The zero-order valence-corrected chi connectivity index (χ0v) is 15.6. The largest absolute Gasteiger partial charge is 0.323 e. The highest BCUT2D eigenvalue weighted by molar-refractivity contribution is 7.22. The standard InChI is InChI=1S/C20H20N4OS/c1-13-5-6-16-17(12-13)26-19(22-16)23-20(25)24-10-7-15(8-11-24)18-14(2)4-3-9-21-18/h3-7,9,12H,8,10-11H2,1-2H3,(H,22,23,25). The topological polar surface area (TPSA) is 58.1 Å². The van der Waals surface area contributed by atoms with Crippen LogP contribution in [0.4, 0.5) is 9.93 Å². The number of hydrogen-bond donors (Lipinski definition) is 1. The molecule has 1 aromatic carbocycles. The number of rotatable bonds is 2. The predicted octanol–water partition coefficient (Wildman–Crippen LogP) is 4.63. The summed E-state index contributed by atoms with van der Waals surface area (Å²) in [6.45, 7) is 5.38. The maximum absolute atomic E-state index is 12.6. The van der Waals surface area contributed by atoms with Crippen molar-refractivity contribution in [3.63, 3.8) is 0 Å². The van der Waals surface area contributed by atoms with Gasteiger partial charge in [0.1, 0.15) is 0 Å². The Hall–Kier alpha value is -2.73. The SMILES string of the molecule is Cc1ccc2nc(NC(=O)N3CC=C(c4ncccc4C)CC3)sc2c1. The Morgan fingerprint density at radius 1 is 1.27 bits per heavy atom. The molecule has 132 valence electrons. The lowest BCUT2D eigenvalue weighted by Crippen LogP contribution is -2.37. The molecular formula is C20H20N4OS. The molecule has 2 amide bonds. The Bertz CT molecular complexity index is 1010. The summed E-state index contributed by atoms with van der Waals surface area (Å²) in [5.41, 5.74) is 5.53. The normalized spacial score (nSPS) is 14.4. The van der Waals surface area contributed by atoms with E-state index in [2.05, 4.69) is 47.3 Å². The van der Waals surface area contributed by atoms with Crippen LogP contribution in [-0.2, 0) is 0 Å². The van der Waals surface area contributed by atoms with Crippen molar-refractivity contribution in [2.24, 2.45) is 0 Å². The Morgan fingerprint density at radius 2 is 2.15 bits per heavy atom. The van der Waals surface area contributed by atoms with E-state index in [1.54, 1.807) is 4.90 Å². The predicted molar refractivity (Wildman–Crippen MR) is 107 cm³/mol. The number of amides is 2. The van der Waals surface area contributed by atoms with Crippen LogP contribution in [0.25, 0.3) is 15.8 Å². The lowest BCUT2D eigenvalue weighted by Gasteiger charge is -2.26. The molecule has 6 heteroatoms. The molecule has 0 bridgehead atoms. The van der Waals surface area contributed by atoms with Gasteiger partial charge in [-0.25, -0.2) is 9.78 Å². The second-order valence-corrected chi connectivity index (χ2v) is 7.55. The molecule has 3 heterocycles. The third kappa shape index (κ3) is 3.32. The fraction of sp³-hybridized carbons (Fsp3) is 0.250. The third-order valence-electron chi connectivity index (χ3n) is 4.57. The van der Waals surface area contributed by atoms with Crippen LogP contribution in [0.15, 0.2) is 42.6 Å². The highest BCUT2D eigenvalue weighted by Gasteiger charge is 2.20. The number of benzene rings is 1. The molecule has 0 spiro atoms. The Balaban J connectivity index is 1.45. The second-order valence-electron chi connectivity index (χ2n) is 6.51. The first-order chi connectivity index (χ1) is 12.6. The quantitative estimate of drug-likeness (QED) is 0.721. The monoisotopic (exact) mass is 364 g/mol. The van der Waals surface area contributed by atoms with Crippen molar-refractivity contribution in [2.75, 3.05) is 18.4 Å². The van der Waals surface area contributed by atoms with E-state index in [4.69, 9.17) is 0 Å². The van der Waals surface area contributed by atoms with Crippen LogP contribution in [0, 0.1) is 13.8 Å². The van der Waals surface area contributed by atoms with Gasteiger partial charge in [-0.05, 0) is 55.2 Å². The summed E-state index contributed by atoms with van der Waals surface area (Å²) in [6, 6.07) is 10.0. The Morgan fingerprint density at radius 3 is 2.92 bits per heavy atom. The van der Waals surface area contributed by atoms with Crippen molar-refractivity contribution in [3.05, 3.63) is 59.4 Å². The minimum atomic E-state index is -0.103. The molecule has 1 aliphatic heterocycles. The number of carbonyl (C=O) groups is 1. The van der Waals surface area contributed by atoms with Crippen LogP contribution in [0.5, 0.6) is 0 Å². The highest BCUT2D eigenvalue weighted by atomic mass is 32.1. The summed E-state index contributed by atoms with van der Waals surface area (Å²) in [5, 5.41) is 3.58. The second kappa shape index (κ2) is 6.88. The summed E-state index contributed by atoms with van der Waals surface area (Å²) in [7, 11) is 0. The Kier molecular flexibility index (Phi) is 4.42. The Labute approximate surface area is 156 Å². The van der Waals surface area contributed by atoms with E-state index >= 15 is 0 Å². The van der Waals surface area contributed by atoms with Crippen LogP contribution < -0.4 is 5.32 Å². The van der Waals surface area contributed by atoms with E-state index in [9.17, 15) is 4.79 Å². The molecule has 0 saturated carbocycles. The number of aromatic nitrogens is 2. The molecule has 26 heavy (non-hydrogen) atoms. The highest BCUT2D eigenvalue weighted by Crippen LogP contribution is 2.28. The van der Waals surface area contributed by atoms with Crippen molar-refractivity contribution in [2.45, 2.75) is 20.3 Å². The molecule has 4 rings (SSSR count). The van der Waals surface area contributed by atoms with E-state index in [0.717, 1.165) is 22.3 Å². The van der Waals surface area contributed by atoms with Crippen LogP contribution in [-0.4, -0.2) is 34.0 Å². The lowest BCUT2D eigenvalue weighted by atomic mass is 10.0. The number of anilines is 1. The molecule has 0 saturated heterocycles. The van der Waals surface area contributed by atoms with Gasteiger partial charge in [-0.15, -0.1) is 0 Å². The number of nitrogens with zero attached hydrogens (tertiary/aromatic N) is 3. The first kappa shape index (κ1) is 16.7. The fourth-order valence-corrected chi connectivity index (χ4v) is 4.10. The molecule has 0 fully saturated rings. The third-order valence-corrected chi connectivity index (χ3v) is 5.50. The van der Waals surface area contributed by atoms with Gasteiger partial charge < -0.3 is 4.90 Å². The zero-order valence-electron chi connectivity index (χ0n) is 14.8. The summed E-state index contributed by atoms with van der Waals surface area (Å²) >= 11 is 1.51. The summed E-state index contributed by atoms with van der Waals surface area (Å²) in [5.74, 6) is 0. The van der Waals surface area contributed by atoms with Crippen molar-refractivity contribution in [3.8, 4) is 0 Å². The molecule has 0 unspecified atom stereocenters. The van der Waals surface area contributed by atoms with Crippen LogP contribution >= 0.6 is 11.3 Å². The minimum absolute atomic E-state index is 0.103. The smallest absolute Gasteiger partial charge is 0.320 e. The molecule has 1 aliphatic rings. The first-order valence-corrected chi connectivity index (χ1v) is 9.46. The number of urea groups is 1. The van der Waals surface area contributed by atoms with Gasteiger partial charge in [0.15, 0.2) is 5.13 Å². The molecule has 1 N–H and O–H groups in total. The minimum Gasteiger partial charge on any atom is -0.320 e. The lowest BCUT2D eigenvalue weighted by molar-refractivity contribution is 0.217. The van der Waals surface area contributed by atoms with Crippen molar-refractivity contribution >= 4 is 38.3 Å². The molecule has 0 aliphatic carbocycles. The summed E-state index contributed by atoms with van der Waals surface area (Å²) in [4.78, 5) is 23.3. The zero-order chi connectivity index (χ0) is 18.1. The first-order valence-electron chi connectivity index (χ1n) is 8.64. The van der Waals surface area contributed by atoms with Gasteiger partial charge in [0, 0.05) is 19.3 Å². The van der Waals surface area contributed by atoms with Crippen molar-refractivity contribution in [1.82, 2.24) is 14.9 Å². The van der Waals surface area contributed by atoms with Gasteiger partial charge >= 0.3 is 6.03 Å². The van der Waals surface area contributed by atoms with E-state index < -0.39 is 0 Å². The number of hydrogen-bond acceptors (Lipinski definition) is 4. The number of nitrogens with one attached hydrogen (secondary N) is 1. The van der Waals surface area contributed by atoms with Crippen LogP contribution in [0.3, 0.4) is 0 Å². The average molecular weight is 364 g/mol. The van der Waals surface area contributed by atoms with E-state index in [0.29, 0.717) is 18.2 Å². The molecule has 5 nitrogen and oxygen atoms in total. The summed E-state index contributed by atoms with van der Waals surface area (Å²) < 4.78 is 1.09. The maximum Gasteiger partial charge on any atom is 0.323 e. The van der Waals surface area contributed by atoms with Gasteiger partial charge in [-0.1, -0.05) is 29.5 Å². The molecule has 0 atom stereocenters. The number of aryl methyl sites for hydroxylation is 2. The van der Waals surface area contributed by atoms with Gasteiger partial charge in [-0.2, -0.15) is 0 Å². The van der Waals surface area contributed by atoms with Gasteiger partial charge in [0.25, 0.3) is 0 Å². The molecule has 0 radical (unpaired) electrons. The van der Waals surface area contributed by atoms with Crippen LogP contribution in [0.2, 0.25) is 0 Å². The molecular weight excluding hydrogens is 344 g/mol. The van der Waals surface area contributed by atoms with E-state index in [1.165, 1.54) is 28.0 Å². The number of thiazole rings is 1. The van der Waals surface area contributed by atoms with E-state index in [-0.39, 0.29) is 6.03 Å². The van der Waals surface area contributed by atoms with E-state index in [1.807, 2.05) is 24.4 Å². The van der Waals surface area contributed by atoms with Gasteiger partial charge in [0.05, 0.1) is 15.9 Å². The molecule has 3 aromatic rings. The van der Waals surface area contributed by atoms with Gasteiger partial charge in [0.2, 0.25) is 0 Å². The average Bonchev–Trinajstić information content (AvgIpc) is 3.03. The fourth-order valence-electron chi connectivity index (χ4n) is 3.15. The summed E-state index contributed by atoms with van der Waals surface area (Å²) in [6.07, 6.45) is 4.72. The number of fused-ring (bicyclic) bond motifs is 1.